The first-order chi connectivity index (χ1) is 9.29. The molecule has 1 aromatic carbocycles. The molecule has 20 heavy (non-hydrogen) atoms. The van der Waals surface area contributed by atoms with Crippen molar-refractivity contribution in [3.05, 3.63) is 35.7 Å². The Bertz CT molecular complexity index is 718. The number of aryl methyl sites for hydroxylation is 1. The largest absolute Gasteiger partial charge is 0.398 e. The Morgan fingerprint density at radius 1 is 1.45 bits per heavy atom. The average molecular weight is 299 g/mol. The van der Waals surface area contributed by atoms with Gasteiger partial charge in [0, 0.05) is 18.3 Å². The number of aromatic nitrogens is 3. The first-order valence-electron chi connectivity index (χ1n) is 5.69. The number of nitrogens with two attached hydrogens (primary N) is 1. The lowest BCUT2D eigenvalue weighted by molar-refractivity contribution is 0.574. The molecule has 0 atom stereocenters. The minimum atomic E-state index is -3.87. The second kappa shape index (κ2) is 5.17. The predicted molar refractivity (Wildman–Crippen MR) is 70.6 cm³/mol. The number of halogens is 1. The summed E-state index contributed by atoms with van der Waals surface area (Å²) in [7, 11) is -2.20. The maximum atomic E-state index is 13.5. The molecule has 0 spiro atoms. The third kappa shape index (κ3) is 2.94. The Morgan fingerprint density at radius 2 is 2.15 bits per heavy atom. The van der Waals surface area contributed by atoms with Crippen molar-refractivity contribution in [3.8, 4) is 0 Å². The van der Waals surface area contributed by atoms with Crippen LogP contribution in [0.3, 0.4) is 0 Å². The van der Waals surface area contributed by atoms with E-state index in [9.17, 15) is 12.8 Å². The van der Waals surface area contributed by atoms with Crippen molar-refractivity contribution < 1.29 is 12.8 Å². The van der Waals surface area contributed by atoms with Crippen molar-refractivity contribution in [2.45, 2.75) is 18.4 Å². The molecular weight excluding hydrogens is 285 g/mol. The zero-order valence-electron chi connectivity index (χ0n) is 11.0. The van der Waals surface area contributed by atoms with Crippen LogP contribution < -0.4 is 10.5 Å². The number of hydrogen-bond acceptors (Lipinski definition) is 5. The first-order valence-corrected chi connectivity index (χ1v) is 7.18. The smallest absolute Gasteiger partial charge is 0.241 e. The van der Waals surface area contributed by atoms with Gasteiger partial charge in [0.1, 0.15) is 12.1 Å². The molecule has 0 saturated carbocycles. The molecule has 7 nitrogen and oxygen atoms in total. The van der Waals surface area contributed by atoms with Crippen LogP contribution in [-0.4, -0.2) is 23.2 Å². The summed E-state index contributed by atoms with van der Waals surface area (Å²) in [5.74, 6) is -0.349. The first kappa shape index (κ1) is 14.4. The highest BCUT2D eigenvalue weighted by Gasteiger charge is 2.18. The minimum Gasteiger partial charge on any atom is -0.398 e. The van der Waals surface area contributed by atoms with E-state index in [1.165, 1.54) is 24.0 Å². The van der Waals surface area contributed by atoms with E-state index in [0.29, 0.717) is 5.82 Å². The van der Waals surface area contributed by atoms with E-state index in [2.05, 4.69) is 14.8 Å². The average Bonchev–Trinajstić information content (AvgIpc) is 2.79. The van der Waals surface area contributed by atoms with Gasteiger partial charge < -0.3 is 5.73 Å². The fourth-order valence-corrected chi connectivity index (χ4v) is 2.56. The second-order valence-corrected chi connectivity index (χ2v) is 6.05. The summed E-state index contributed by atoms with van der Waals surface area (Å²) in [6.45, 7) is 1.39. The lowest BCUT2D eigenvalue weighted by atomic mass is 10.2. The molecule has 1 heterocycles. The van der Waals surface area contributed by atoms with Gasteiger partial charge in [0.2, 0.25) is 10.0 Å². The van der Waals surface area contributed by atoms with Gasteiger partial charge in [-0.2, -0.15) is 5.10 Å². The molecule has 2 rings (SSSR count). The fourth-order valence-electron chi connectivity index (χ4n) is 1.54. The highest BCUT2D eigenvalue weighted by atomic mass is 32.2. The van der Waals surface area contributed by atoms with Crippen LogP contribution in [-0.2, 0) is 23.6 Å². The zero-order valence-corrected chi connectivity index (χ0v) is 11.8. The topological polar surface area (TPSA) is 103 Å². The van der Waals surface area contributed by atoms with Gasteiger partial charge in [-0.05, 0) is 19.1 Å². The van der Waals surface area contributed by atoms with E-state index >= 15 is 0 Å². The van der Waals surface area contributed by atoms with Crippen LogP contribution in [0.4, 0.5) is 10.1 Å². The van der Waals surface area contributed by atoms with E-state index < -0.39 is 15.8 Å². The van der Waals surface area contributed by atoms with Crippen molar-refractivity contribution in [2.75, 3.05) is 5.73 Å². The van der Waals surface area contributed by atoms with Crippen molar-refractivity contribution >= 4 is 15.7 Å². The Hall–Kier alpha value is -2.00. The van der Waals surface area contributed by atoms with Crippen LogP contribution in [0.15, 0.2) is 23.4 Å². The number of sulfonamides is 1. The van der Waals surface area contributed by atoms with Gasteiger partial charge in [0.15, 0.2) is 5.82 Å². The molecule has 9 heteroatoms. The van der Waals surface area contributed by atoms with Crippen LogP contribution in [0.1, 0.15) is 11.4 Å². The molecule has 0 unspecified atom stereocenters. The van der Waals surface area contributed by atoms with E-state index in [1.54, 1.807) is 7.05 Å². The Balaban J connectivity index is 2.22. The molecule has 0 aliphatic heterocycles. The molecule has 0 aliphatic carbocycles. The molecule has 0 saturated heterocycles. The summed E-state index contributed by atoms with van der Waals surface area (Å²) in [6, 6.07) is 2.15. The predicted octanol–water partition coefficient (Wildman–Crippen LogP) is 0.323. The van der Waals surface area contributed by atoms with Gasteiger partial charge in [0.05, 0.1) is 11.4 Å². The quantitative estimate of drug-likeness (QED) is 0.792. The third-order valence-electron chi connectivity index (χ3n) is 2.74. The highest BCUT2D eigenvalue weighted by Crippen LogP contribution is 2.20. The summed E-state index contributed by atoms with van der Waals surface area (Å²) in [5.41, 5.74) is 5.87. The maximum Gasteiger partial charge on any atom is 0.241 e. The van der Waals surface area contributed by atoms with Gasteiger partial charge >= 0.3 is 0 Å². The SMILES string of the molecule is Cc1c(N)cc(S(=O)(=O)NCc2ncn(C)n2)cc1F. The van der Waals surface area contributed by atoms with Crippen LogP contribution >= 0.6 is 0 Å². The number of nitrogen functional groups attached to an aromatic ring is 1. The van der Waals surface area contributed by atoms with Crippen LogP contribution in [0, 0.1) is 12.7 Å². The molecular formula is C11H14FN5O2S. The third-order valence-corrected chi connectivity index (χ3v) is 4.12. The highest BCUT2D eigenvalue weighted by molar-refractivity contribution is 7.89. The number of rotatable bonds is 4. The molecule has 0 bridgehead atoms. The normalized spacial score (nSPS) is 11.8. The van der Waals surface area contributed by atoms with Gasteiger partial charge in [-0.1, -0.05) is 0 Å². The maximum absolute atomic E-state index is 13.5. The van der Waals surface area contributed by atoms with Gasteiger partial charge in [0.25, 0.3) is 0 Å². The second-order valence-electron chi connectivity index (χ2n) is 4.28. The fraction of sp³-hybridized carbons (Fsp3) is 0.273. The van der Waals surface area contributed by atoms with E-state index in [-0.39, 0.29) is 22.7 Å². The van der Waals surface area contributed by atoms with E-state index in [0.717, 1.165) is 6.07 Å². The summed E-state index contributed by atoms with van der Waals surface area (Å²) in [4.78, 5) is 3.66. The van der Waals surface area contributed by atoms with Crippen molar-refractivity contribution in [1.29, 1.82) is 0 Å². The molecule has 0 fully saturated rings. The van der Waals surface area contributed by atoms with Crippen molar-refractivity contribution in [3.63, 3.8) is 0 Å². The number of benzene rings is 1. The number of hydrogen-bond donors (Lipinski definition) is 2. The van der Waals surface area contributed by atoms with Crippen molar-refractivity contribution in [1.82, 2.24) is 19.5 Å². The van der Waals surface area contributed by atoms with Crippen molar-refractivity contribution in [2.24, 2.45) is 7.05 Å². The molecule has 2 aromatic rings. The summed E-state index contributed by atoms with van der Waals surface area (Å²) in [6.07, 6.45) is 1.45. The summed E-state index contributed by atoms with van der Waals surface area (Å²) < 4.78 is 41.3. The van der Waals surface area contributed by atoms with Crippen LogP contribution in [0.5, 0.6) is 0 Å². The lowest BCUT2D eigenvalue weighted by Crippen LogP contribution is -2.24. The minimum absolute atomic E-state index is 0.0846. The lowest BCUT2D eigenvalue weighted by Gasteiger charge is -2.08. The summed E-state index contributed by atoms with van der Waals surface area (Å²) in [5, 5.41) is 3.94. The Kier molecular flexibility index (Phi) is 3.73. The zero-order chi connectivity index (χ0) is 14.9. The van der Waals surface area contributed by atoms with Gasteiger partial charge in [-0.15, -0.1) is 0 Å². The molecule has 0 radical (unpaired) electrons. The molecule has 3 N–H and O–H groups in total. The molecule has 0 aliphatic rings. The van der Waals surface area contributed by atoms with E-state index in [4.69, 9.17) is 5.73 Å². The standard InChI is InChI=1S/C11H14FN5O2S/c1-7-9(12)3-8(4-10(7)13)20(18,19)15-5-11-14-6-17(2)16-11/h3-4,6,15H,5,13H2,1-2H3. The van der Waals surface area contributed by atoms with E-state index in [1.807, 2.05) is 0 Å². The Morgan fingerprint density at radius 3 is 2.70 bits per heavy atom. The molecule has 108 valence electrons. The molecule has 1 aromatic heterocycles. The summed E-state index contributed by atoms with van der Waals surface area (Å²) >= 11 is 0. The van der Waals surface area contributed by atoms with Gasteiger partial charge in [-0.25, -0.2) is 22.5 Å². The monoisotopic (exact) mass is 299 g/mol. The number of anilines is 1. The Labute approximate surface area is 115 Å². The van der Waals surface area contributed by atoms with Crippen LogP contribution in [0.25, 0.3) is 0 Å². The molecule has 0 amide bonds. The number of nitrogens with one attached hydrogen (secondary N) is 1. The van der Waals surface area contributed by atoms with Gasteiger partial charge in [-0.3, -0.25) is 4.68 Å². The van der Waals surface area contributed by atoms with Crippen LogP contribution in [0.2, 0.25) is 0 Å². The number of nitrogens with zero attached hydrogens (tertiary/aromatic N) is 3.